The highest BCUT2D eigenvalue weighted by atomic mass is 16.6. The molecular weight excluding hydrogens is 398 g/mol. The third-order valence-electron chi connectivity index (χ3n) is 6.35. The van der Waals surface area contributed by atoms with E-state index in [2.05, 4.69) is 44.3 Å². The van der Waals surface area contributed by atoms with Crippen LogP contribution >= 0.6 is 0 Å². The van der Waals surface area contributed by atoms with E-state index in [1.165, 1.54) is 0 Å². The lowest BCUT2D eigenvalue weighted by molar-refractivity contribution is -0.384. The highest BCUT2D eigenvalue weighted by Gasteiger charge is 2.27. The van der Waals surface area contributed by atoms with E-state index in [1.54, 1.807) is 12.3 Å². The summed E-state index contributed by atoms with van der Waals surface area (Å²) in [5.74, 6) is 1.38. The standard InChI is InChI=1S/C20H29N9O2/c1-14-3-7-26(8-4-14)17-12-18(27-9-5-15(2)6-10-27)19(29(30)31)11-16(17)13-22-28-20(21)23-24-25-28/h11-15H,3-10H2,1-2H3,(H2,21,23,25)/b22-13+. The van der Waals surface area contributed by atoms with Crippen molar-refractivity contribution in [1.29, 1.82) is 0 Å². The van der Waals surface area contributed by atoms with E-state index in [1.807, 2.05) is 6.07 Å². The van der Waals surface area contributed by atoms with Crippen LogP contribution in [-0.2, 0) is 0 Å². The second-order valence-electron chi connectivity index (χ2n) is 8.67. The summed E-state index contributed by atoms with van der Waals surface area (Å²) < 4.78 is 0. The third-order valence-corrected chi connectivity index (χ3v) is 6.35. The van der Waals surface area contributed by atoms with Gasteiger partial charge in [-0.1, -0.05) is 23.7 Å². The molecule has 4 rings (SSSR count). The fourth-order valence-electron chi connectivity index (χ4n) is 4.25. The molecule has 11 nitrogen and oxygen atoms in total. The molecule has 2 saturated heterocycles. The van der Waals surface area contributed by atoms with Gasteiger partial charge in [-0.25, -0.2) is 0 Å². The number of nitro benzene ring substituents is 1. The van der Waals surface area contributed by atoms with Crippen molar-refractivity contribution in [2.24, 2.45) is 16.9 Å². The summed E-state index contributed by atoms with van der Waals surface area (Å²) in [6.45, 7) is 7.96. The van der Waals surface area contributed by atoms with Crippen molar-refractivity contribution in [3.63, 3.8) is 0 Å². The second-order valence-corrected chi connectivity index (χ2v) is 8.67. The Bertz CT molecular complexity index is 958. The maximum atomic E-state index is 12.0. The number of anilines is 3. The van der Waals surface area contributed by atoms with E-state index in [4.69, 9.17) is 5.73 Å². The van der Waals surface area contributed by atoms with Crippen LogP contribution in [0.25, 0.3) is 0 Å². The van der Waals surface area contributed by atoms with Crippen LogP contribution in [0.1, 0.15) is 45.1 Å². The van der Waals surface area contributed by atoms with Crippen LogP contribution in [0.3, 0.4) is 0 Å². The summed E-state index contributed by atoms with van der Waals surface area (Å²) in [5, 5.41) is 27.0. The summed E-state index contributed by atoms with van der Waals surface area (Å²) in [7, 11) is 0. The Kier molecular flexibility index (Phi) is 6.01. The number of nitrogens with two attached hydrogens (primary N) is 1. The lowest BCUT2D eigenvalue weighted by Gasteiger charge is -2.35. The molecule has 166 valence electrons. The summed E-state index contributed by atoms with van der Waals surface area (Å²) in [6.07, 6.45) is 5.80. The first kappa shape index (κ1) is 21.0. The largest absolute Gasteiger partial charge is 0.371 e. The molecule has 2 N–H and O–H groups in total. The molecule has 2 aliphatic heterocycles. The third kappa shape index (κ3) is 4.59. The normalized spacial score (nSPS) is 18.8. The van der Waals surface area contributed by atoms with Gasteiger partial charge in [0.2, 0.25) is 0 Å². The van der Waals surface area contributed by atoms with Crippen molar-refractivity contribution in [2.45, 2.75) is 39.5 Å². The van der Waals surface area contributed by atoms with Gasteiger partial charge in [-0.05, 0) is 54.0 Å². The van der Waals surface area contributed by atoms with Gasteiger partial charge in [0.25, 0.3) is 11.6 Å². The number of benzene rings is 1. The smallest absolute Gasteiger partial charge is 0.293 e. The second kappa shape index (κ2) is 8.86. The Morgan fingerprint density at radius 2 is 1.65 bits per heavy atom. The van der Waals surface area contributed by atoms with Crippen molar-refractivity contribution in [1.82, 2.24) is 20.3 Å². The Labute approximate surface area is 181 Å². The number of nitrogens with zero attached hydrogens (tertiary/aromatic N) is 8. The Morgan fingerprint density at radius 1 is 1.06 bits per heavy atom. The van der Waals surface area contributed by atoms with E-state index < -0.39 is 0 Å². The number of hydrogen-bond donors (Lipinski definition) is 1. The van der Waals surface area contributed by atoms with Crippen molar-refractivity contribution in [3.8, 4) is 0 Å². The zero-order chi connectivity index (χ0) is 22.0. The van der Waals surface area contributed by atoms with Gasteiger partial charge in [0, 0.05) is 43.5 Å². The van der Waals surface area contributed by atoms with E-state index in [0.29, 0.717) is 23.1 Å². The number of tetrazole rings is 1. The average molecular weight is 428 g/mol. The molecule has 11 heteroatoms. The quantitative estimate of drug-likeness (QED) is 0.437. The maximum absolute atomic E-state index is 12.0. The zero-order valence-electron chi connectivity index (χ0n) is 18.0. The SMILES string of the molecule is CC1CCN(c2cc(N3CCC(C)CC3)c([N+](=O)[O-])cc2/C=N/n2nnnc2N)CC1. The van der Waals surface area contributed by atoms with Crippen LogP contribution < -0.4 is 15.5 Å². The molecule has 2 aliphatic rings. The van der Waals surface area contributed by atoms with Gasteiger partial charge in [-0.2, -0.15) is 5.10 Å². The fourth-order valence-corrected chi connectivity index (χ4v) is 4.25. The van der Waals surface area contributed by atoms with Gasteiger partial charge in [0.1, 0.15) is 5.69 Å². The van der Waals surface area contributed by atoms with Crippen LogP contribution in [0.15, 0.2) is 17.2 Å². The van der Waals surface area contributed by atoms with Gasteiger partial charge in [0.15, 0.2) is 0 Å². The Morgan fingerprint density at radius 3 is 2.16 bits per heavy atom. The Balaban J connectivity index is 1.76. The molecule has 0 aliphatic carbocycles. The molecule has 0 saturated carbocycles. The maximum Gasteiger partial charge on any atom is 0.293 e. The van der Waals surface area contributed by atoms with E-state index in [-0.39, 0.29) is 16.6 Å². The topological polar surface area (TPSA) is 132 Å². The molecule has 2 fully saturated rings. The summed E-state index contributed by atoms with van der Waals surface area (Å²) in [4.78, 5) is 17.2. The van der Waals surface area contributed by atoms with Crippen molar-refractivity contribution >= 4 is 29.2 Å². The minimum atomic E-state index is -0.307. The number of nitrogen functional groups attached to an aromatic ring is 1. The first-order chi connectivity index (χ1) is 14.9. The molecule has 0 radical (unpaired) electrons. The van der Waals surface area contributed by atoms with Crippen LogP contribution in [-0.4, -0.2) is 57.6 Å². The highest BCUT2D eigenvalue weighted by Crippen LogP contribution is 2.38. The first-order valence-corrected chi connectivity index (χ1v) is 10.8. The molecule has 0 atom stereocenters. The predicted molar refractivity (Wildman–Crippen MR) is 120 cm³/mol. The summed E-state index contributed by atoms with van der Waals surface area (Å²) >= 11 is 0. The fraction of sp³-hybridized carbons (Fsp3) is 0.600. The summed E-state index contributed by atoms with van der Waals surface area (Å²) in [5.41, 5.74) is 8.08. The molecule has 3 heterocycles. The van der Waals surface area contributed by atoms with Crippen molar-refractivity contribution in [2.75, 3.05) is 41.7 Å². The molecule has 0 spiro atoms. The number of aromatic nitrogens is 4. The molecule has 31 heavy (non-hydrogen) atoms. The van der Waals surface area contributed by atoms with Crippen LogP contribution in [0.2, 0.25) is 0 Å². The van der Waals surface area contributed by atoms with Crippen LogP contribution in [0.5, 0.6) is 0 Å². The van der Waals surface area contributed by atoms with Gasteiger partial charge in [-0.15, -0.1) is 0 Å². The predicted octanol–water partition coefficient (Wildman–Crippen LogP) is 2.52. The molecule has 2 aromatic rings. The van der Waals surface area contributed by atoms with Gasteiger partial charge >= 0.3 is 0 Å². The number of rotatable bonds is 5. The lowest BCUT2D eigenvalue weighted by atomic mass is 9.96. The molecule has 0 unspecified atom stereocenters. The molecule has 0 bridgehead atoms. The molecule has 1 aromatic carbocycles. The minimum absolute atomic E-state index is 0.0538. The van der Waals surface area contributed by atoms with E-state index in [9.17, 15) is 10.1 Å². The van der Waals surface area contributed by atoms with Gasteiger partial charge in [-0.3, -0.25) is 10.1 Å². The van der Waals surface area contributed by atoms with Crippen LogP contribution in [0, 0.1) is 22.0 Å². The first-order valence-electron chi connectivity index (χ1n) is 10.8. The van der Waals surface area contributed by atoms with Gasteiger partial charge < -0.3 is 15.5 Å². The van der Waals surface area contributed by atoms with Crippen LogP contribution in [0.4, 0.5) is 23.0 Å². The monoisotopic (exact) mass is 427 g/mol. The minimum Gasteiger partial charge on any atom is -0.371 e. The highest BCUT2D eigenvalue weighted by molar-refractivity contribution is 5.92. The van der Waals surface area contributed by atoms with Crippen molar-refractivity contribution in [3.05, 3.63) is 27.8 Å². The van der Waals surface area contributed by atoms with Crippen molar-refractivity contribution < 1.29 is 4.92 Å². The molecular formula is C20H29N9O2. The average Bonchev–Trinajstić information content (AvgIpc) is 3.17. The molecule has 0 amide bonds. The summed E-state index contributed by atoms with van der Waals surface area (Å²) in [6, 6.07) is 3.58. The molecule has 1 aromatic heterocycles. The van der Waals surface area contributed by atoms with E-state index in [0.717, 1.165) is 62.3 Å². The lowest BCUT2D eigenvalue weighted by Crippen LogP contribution is -2.35. The number of hydrogen-bond acceptors (Lipinski definition) is 9. The Hall–Kier alpha value is -3.24. The van der Waals surface area contributed by atoms with Gasteiger partial charge in [0.05, 0.1) is 11.1 Å². The number of nitro groups is 1. The zero-order valence-corrected chi connectivity index (χ0v) is 18.0. The number of piperidine rings is 2. The van der Waals surface area contributed by atoms with E-state index >= 15 is 0 Å².